The van der Waals surface area contributed by atoms with Gasteiger partial charge in [0.1, 0.15) is 17.3 Å². The number of carbonyl (C=O) groups is 2. The van der Waals surface area contributed by atoms with Gasteiger partial charge in [-0.1, -0.05) is 0 Å². The summed E-state index contributed by atoms with van der Waals surface area (Å²) in [6, 6.07) is 2.53. The first-order chi connectivity index (χ1) is 14.3. The van der Waals surface area contributed by atoms with Crippen LogP contribution in [0.15, 0.2) is 29.0 Å². The fourth-order valence-electron chi connectivity index (χ4n) is 2.95. The summed E-state index contributed by atoms with van der Waals surface area (Å²) in [4.78, 5) is 34.1. The highest BCUT2D eigenvalue weighted by Gasteiger charge is 2.21. The molecule has 0 spiro atoms. The second-order valence-electron chi connectivity index (χ2n) is 6.69. The Morgan fingerprint density at radius 1 is 1.33 bits per heavy atom. The minimum atomic E-state index is -0.686. The second-order valence-corrected chi connectivity index (χ2v) is 6.69. The van der Waals surface area contributed by atoms with Gasteiger partial charge < -0.3 is 26.4 Å². The fourth-order valence-corrected chi connectivity index (χ4v) is 2.95. The number of pyridine rings is 1. The van der Waals surface area contributed by atoms with Crippen molar-refractivity contribution in [3.05, 3.63) is 35.6 Å². The van der Waals surface area contributed by atoms with E-state index < -0.39 is 17.9 Å². The lowest BCUT2D eigenvalue weighted by atomic mass is 10.2. The van der Waals surface area contributed by atoms with Crippen LogP contribution in [-0.4, -0.2) is 79.1 Å². The summed E-state index contributed by atoms with van der Waals surface area (Å²) in [7, 11) is 1.46. The molecule has 0 aromatic carbocycles. The molecule has 2 heterocycles. The Labute approximate surface area is 174 Å². The SMILES string of the molecule is CCNC(=O)/N=C(\N)C/C=C(\O)CN1CCN(c2ccc(C(=O)NC)nc2F)CC1. The number of rotatable bonds is 7. The highest BCUT2D eigenvalue weighted by molar-refractivity contribution is 5.93. The molecule has 0 saturated carbocycles. The Kier molecular flexibility index (Phi) is 8.54. The Hall–Kier alpha value is -3.21. The molecular weight excluding hydrogens is 393 g/mol. The number of piperazine rings is 1. The summed E-state index contributed by atoms with van der Waals surface area (Å²) in [5.41, 5.74) is 6.04. The first-order valence-electron chi connectivity index (χ1n) is 9.68. The lowest BCUT2D eigenvalue weighted by Gasteiger charge is -2.35. The highest BCUT2D eigenvalue weighted by atomic mass is 19.1. The van der Waals surface area contributed by atoms with Gasteiger partial charge >= 0.3 is 6.03 Å². The number of nitrogens with one attached hydrogen (secondary N) is 2. The number of aliphatic hydroxyl groups excluding tert-OH is 1. The number of aromatic nitrogens is 1. The molecule has 1 aromatic heterocycles. The van der Waals surface area contributed by atoms with E-state index in [2.05, 4.69) is 20.6 Å². The van der Waals surface area contributed by atoms with Crippen LogP contribution in [0.4, 0.5) is 14.9 Å². The summed E-state index contributed by atoms with van der Waals surface area (Å²) < 4.78 is 14.3. The van der Waals surface area contributed by atoms with E-state index in [1.807, 2.05) is 9.80 Å². The van der Waals surface area contributed by atoms with Crippen LogP contribution < -0.4 is 21.3 Å². The zero-order valence-electron chi connectivity index (χ0n) is 17.2. The van der Waals surface area contributed by atoms with Crippen molar-refractivity contribution < 1.29 is 19.1 Å². The van der Waals surface area contributed by atoms with Gasteiger partial charge in [-0.05, 0) is 25.1 Å². The Morgan fingerprint density at radius 3 is 2.63 bits per heavy atom. The maximum atomic E-state index is 14.3. The number of hydrogen-bond acceptors (Lipinski definition) is 6. The summed E-state index contributed by atoms with van der Waals surface area (Å²) in [5.74, 6) is -0.890. The van der Waals surface area contributed by atoms with Crippen molar-refractivity contribution in [3.63, 3.8) is 0 Å². The van der Waals surface area contributed by atoms with E-state index in [9.17, 15) is 19.1 Å². The van der Waals surface area contributed by atoms with Crippen LogP contribution in [0.5, 0.6) is 0 Å². The van der Waals surface area contributed by atoms with Gasteiger partial charge in [-0.25, -0.2) is 9.78 Å². The van der Waals surface area contributed by atoms with Crippen LogP contribution in [0.1, 0.15) is 23.8 Å². The monoisotopic (exact) mass is 421 g/mol. The largest absolute Gasteiger partial charge is 0.511 e. The molecule has 0 aliphatic carbocycles. The number of halogens is 1. The average molecular weight is 421 g/mol. The first-order valence-corrected chi connectivity index (χ1v) is 9.68. The summed E-state index contributed by atoms with van der Waals surface area (Å²) >= 11 is 0. The summed E-state index contributed by atoms with van der Waals surface area (Å²) in [5, 5.41) is 15.0. The lowest BCUT2D eigenvalue weighted by Crippen LogP contribution is -2.47. The molecule has 164 valence electrons. The number of nitrogens with two attached hydrogens (primary N) is 1. The van der Waals surface area contributed by atoms with Crippen LogP contribution in [0, 0.1) is 5.95 Å². The number of aliphatic imine (C=N–C) groups is 1. The number of amides is 3. The van der Waals surface area contributed by atoms with Crippen molar-refractivity contribution in [2.75, 3.05) is 51.2 Å². The number of anilines is 1. The standard InChI is InChI=1S/C19H28FN7O3/c1-3-23-19(30)25-16(21)7-4-13(28)12-26-8-10-27(11-9-26)15-6-5-14(18(29)22-2)24-17(15)20/h4-6,28H,3,7-12H2,1-2H3,(H,22,29)(H3,21,23,25,30)/b13-4-. The van der Waals surface area contributed by atoms with Gasteiger partial charge in [-0.15, -0.1) is 0 Å². The number of urea groups is 1. The molecule has 1 aromatic rings. The summed E-state index contributed by atoms with van der Waals surface area (Å²) in [6.07, 6.45) is 1.68. The van der Waals surface area contributed by atoms with E-state index in [1.54, 1.807) is 13.0 Å². The Balaban J connectivity index is 1.85. The first kappa shape index (κ1) is 23.1. The van der Waals surface area contributed by atoms with Gasteiger partial charge in [0.05, 0.1) is 12.2 Å². The molecule has 3 amide bonds. The second kappa shape index (κ2) is 11.1. The van der Waals surface area contributed by atoms with Crippen LogP contribution in [-0.2, 0) is 0 Å². The van der Waals surface area contributed by atoms with E-state index in [-0.39, 0.29) is 23.7 Å². The molecular formula is C19H28FN7O3. The number of aliphatic hydroxyl groups is 1. The molecule has 11 heteroatoms. The van der Waals surface area contributed by atoms with Crippen LogP contribution in [0.25, 0.3) is 0 Å². The minimum Gasteiger partial charge on any atom is -0.511 e. The third-order valence-corrected chi connectivity index (χ3v) is 4.51. The van der Waals surface area contributed by atoms with Crippen molar-refractivity contribution in [2.24, 2.45) is 10.7 Å². The molecule has 1 fully saturated rings. The van der Waals surface area contributed by atoms with E-state index in [0.717, 1.165) is 0 Å². The van der Waals surface area contributed by atoms with Crippen LogP contribution in [0.3, 0.4) is 0 Å². The molecule has 5 N–H and O–H groups in total. The summed E-state index contributed by atoms with van der Waals surface area (Å²) in [6.45, 7) is 4.87. The maximum Gasteiger partial charge on any atom is 0.342 e. The molecule has 0 bridgehead atoms. The smallest absolute Gasteiger partial charge is 0.342 e. The number of amidine groups is 1. The zero-order valence-corrected chi connectivity index (χ0v) is 17.2. The van der Waals surface area contributed by atoms with Crippen LogP contribution in [0.2, 0.25) is 0 Å². The predicted molar refractivity (Wildman–Crippen MR) is 112 cm³/mol. The Morgan fingerprint density at radius 2 is 2.03 bits per heavy atom. The Bertz CT molecular complexity index is 820. The molecule has 1 saturated heterocycles. The van der Waals surface area contributed by atoms with Crippen molar-refractivity contribution in [1.29, 1.82) is 0 Å². The normalized spacial score (nSPS) is 15.8. The average Bonchev–Trinajstić information content (AvgIpc) is 2.72. The van der Waals surface area contributed by atoms with Crippen LogP contribution >= 0.6 is 0 Å². The number of nitrogens with zero attached hydrogens (tertiary/aromatic N) is 4. The molecule has 0 radical (unpaired) electrons. The molecule has 2 rings (SSSR count). The minimum absolute atomic E-state index is 0.0300. The lowest BCUT2D eigenvalue weighted by molar-refractivity contribution is 0.0957. The third-order valence-electron chi connectivity index (χ3n) is 4.51. The van der Waals surface area contributed by atoms with Gasteiger partial charge in [0.2, 0.25) is 5.95 Å². The van der Waals surface area contributed by atoms with E-state index in [0.29, 0.717) is 45.0 Å². The molecule has 0 unspecified atom stereocenters. The van der Waals surface area contributed by atoms with E-state index >= 15 is 0 Å². The topological polar surface area (TPSA) is 136 Å². The van der Waals surface area contributed by atoms with Gasteiger partial charge in [0.15, 0.2) is 0 Å². The molecule has 0 atom stereocenters. The van der Waals surface area contributed by atoms with Crippen molar-refractivity contribution >= 4 is 23.5 Å². The van der Waals surface area contributed by atoms with Crippen molar-refractivity contribution in [2.45, 2.75) is 13.3 Å². The molecule has 1 aliphatic heterocycles. The molecule has 10 nitrogen and oxygen atoms in total. The van der Waals surface area contributed by atoms with Crippen molar-refractivity contribution in [3.8, 4) is 0 Å². The predicted octanol–water partition coefficient (Wildman–Crippen LogP) is 0.621. The number of carbonyl (C=O) groups excluding carboxylic acids is 2. The van der Waals surface area contributed by atoms with Crippen molar-refractivity contribution in [1.82, 2.24) is 20.5 Å². The molecule has 30 heavy (non-hydrogen) atoms. The number of hydrogen-bond donors (Lipinski definition) is 4. The quantitative estimate of drug-likeness (QED) is 0.219. The van der Waals surface area contributed by atoms with Gasteiger partial charge in [0, 0.05) is 46.2 Å². The molecule has 1 aliphatic rings. The fraction of sp³-hybridized carbons (Fsp3) is 0.474. The van der Waals surface area contributed by atoms with Gasteiger partial charge in [0.25, 0.3) is 5.91 Å². The maximum absolute atomic E-state index is 14.3. The van der Waals surface area contributed by atoms with Gasteiger partial charge in [-0.2, -0.15) is 9.38 Å². The van der Waals surface area contributed by atoms with E-state index in [1.165, 1.54) is 19.2 Å². The zero-order chi connectivity index (χ0) is 22.1. The van der Waals surface area contributed by atoms with E-state index in [4.69, 9.17) is 5.73 Å². The highest BCUT2D eigenvalue weighted by Crippen LogP contribution is 2.20. The third kappa shape index (κ3) is 6.69. The van der Waals surface area contributed by atoms with Gasteiger partial charge in [-0.3, -0.25) is 9.69 Å².